The van der Waals surface area contributed by atoms with Crippen LogP contribution in [-0.4, -0.2) is 26.6 Å². The molecule has 0 bridgehead atoms. The zero-order valence-electron chi connectivity index (χ0n) is 13.1. The highest BCUT2D eigenvalue weighted by Gasteiger charge is 2.18. The van der Waals surface area contributed by atoms with Crippen LogP contribution in [0, 0.1) is 6.92 Å². The number of aryl methyl sites for hydroxylation is 1. The molecule has 3 heterocycles. The number of halogens is 1. The highest BCUT2D eigenvalue weighted by Crippen LogP contribution is 2.31. The van der Waals surface area contributed by atoms with Crippen LogP contribution in [-0.2, 0) is 0 Å². The van der Waals surface area contributed by atoms with Crippen LogP contribution < -0.4 is 11.0 Å². The molecular weight excluding hydrogens is 326 g/mol. The Morgan fingerprint density at radius 3 is 2.88 bits per heavy atom. The van der Waals surface area contributed by atoms with Gasteiger partial charge in [-0.2, -0.15) is 4.98 Å². The molecule has 0 aliphatic carbocycles. The number of rotatable bonds is 2. The van der Waals surface area contributed by atoms with Crippen LogP contribution in [0.5, 0.6) is 0 Å². The summed E-state index contributed by atoms with van der Waals surface area (Å²) in [6.45, 7) is 1.86. The maximum absolute atomic E-state index is 12.7. The van der Waals surface area contributed by atoms with Crippen LogP contribution in [0.3, 0.4) is 0 Å². The molecule has 0 radical (unpaired) electrons. The molecule has 24 heavy (non-hydrogen) atoms. The van der Waals surface area contributed by atoms with E-state index in [2.05, 4.69) is 20.3 Å². The van der Waals surface area contributed by atoms with E-state index in [9.17, 15) is 4.79 Å². The van der Waals surface area contributed by atoms with Gasteiger partial charge in [0.05, 0.1) is 16.9 Å². The zero-order chi connectivity index (χ0) is 16.8. The molecule has 0 amide bonds. The summed E-state index contributed by atoms with van der Waals surface area (Å²) >= 11 is 6.17. The fourth-order valence-electron chi connectivity index (χ4n) is 2.97. The molecule has 0 saturated carbocycles. The van der Waals surface area contributed by atoms with Gasteiger partial charge in [0.15, 0.2) is 5.82 Å². The van der Waals surface area contributed by atoms with E-state index in [4.69, 9.17) is 11.6 Å². The minimum atomic E-state index is -0.371. The number of nitrogens with one attached hydrogen (secondary N) is 2. The summed E-state index contributed by atoms with van der Waals surface area (Å²) in [4.78, 5) is 24.5. The number of hydrogen-bond acceptors (Lipinski definition) is 4. The molecule has 1 aromatic carbocycles. The number of H-pyrrole nitrogens is 1. The van der Waals surface area contributed by atoms with Crippen molar-refractivity contribution in [2.24, 2.45) is 0 Å². The van der Waals surface area contributed by atoms with E-state index in [0.717, 1.165) is 27.6 Å². The molecule has 7 heteroatoms. The average molecular weight is 340 g/mol. The number of benzene rings is 1. The van der Waals surface area contributed by atoms with Crippen molar-refractivity contribution in [2.75, 3.05) is 12.4 Å². The lowest BCUT2D eigenvalue weighted by Gasteiger charge is -2.11. The summed E-state index contributed by atoms with van der Waals surface area (Å²) in [5.74, 6) is 0.500. The van der Waals surface area contributed by atoms with Gasteiger partial charge in [0.1, 0.15) is 5.52 Å². The van der Waals surface area contributed by atoms with Crippen LogP contribution in [0.2, 0.25) is 5.02 Å². The second-order valence-corrected chi connectivity index (χ2v) is 5.91. The number of aromatic nitrogens is 4. The topological polar surface area (TPSA) is 75.6 Å². The number of nitrogens with zero attached hydrogens (tertiary/aromatic N) is 3. The van der Waals surface area contributed by atoms with E-state index in [0.29, 0.717) is 16.5 Å². The quantitative estimate of drug-likeness (QED) is 0.587. The summed E-state index contributed by atoms with van der Waals surface area (Å²) in [6.07, 6.45) is 1.70. The number of aromatic amines is 1. The van der Waals surface area contributed by atoms with Crippen molar-refractivity contribution in [1.82, 2.24) is 19.5 Å². The van der Waals surface area contributed by atoms with Gasteiger partial charge in [-0.3, -0.25) is 9.55 Å². The average Bonchev–Trinajstić information content (AvgIpc) is 2.94. The molecule has 0 fully saturated rings. The Morgan fingerprint density at radius 2 is 2.12 bits per heavy atom. The second kappa shape index (κ2) is 5.35. The van der Waals surface area contributed by atoms with Crippen LogP contribution in [0.25, 0.3) is 27.6 Å². The highest BCUT2D eigenvalue weighted by molar-refractivity contribution is 6.31. The van der Waals surface area contributed by atoms with Crippen molar-refractivity contribution in [3.63, 3.8) is 0 Å². The first kappa shape index (κ1) is 14.7. The fraction of sp³-hybridized carbons (Fsp3) is 0.118. The first-order chi connectivity index (χ1) is 11.6. The van der Waals surface area contributed by atoms with Gasteiger partial charge < -0.3 is 10.3 Å². The SMILES string of the molecule is CNc1nc(=O)n(-c2cccnc2C)c2c1[nH]c1ccc(Cl)cc12. The van der Waals surface area contributed by atoms with Gasteiger partial charge in [0.2, 0.25) is 0 Å². The Bertz CT molecular complexity index is 1150. The Morgan fingerprint density at radius 1 is 1.29 bits per heavy atom. The van der Waals surface area contributed by atoms with E-state index in [1.807, 2.05) is 31.2 Å². The summed E-state index contributed by atoms with van der Waals surface area (Å²) in [7, 11) is 1.74. The number of fused-ring (bicyclic) bond motifs is 3. The molecule has 0 spiro atoms. The third kappa shape index (κ3) is 2.07. The van der Waals surface area contributed by atoms with Crippen LogP contribution >= 0.6 is 11.6 Å². The molecule has 0 unspecified atom stereocenters. The van der Waals surface area contributed by atoms with Gasteiger partial charge in [0.25, 0.3) is 0 Å². The van der Waals surface area contributed by atoms with Crippen molar-refractivity contribution in [1.29, 1.82) is 0 Å². The van der Waals surface area contributed by atoms with Crippen molar-refractivity contribution in [3.05, 3.63) is 57.7 Å². The lowest BCUT2D eigenvalue weighted by molar-refractivity contribution is 0.939. The normalized spacial score (nSPS) is 11.3. The van der Waals surface area contributed by atoms with E-state index in [-0.39, 0.29) is 5.69 Å². The lowest BCUT2D eigenvalue weighted by atomic mass is 10.2. The molecule has 120 valence electrons. The summed E-state index contributed by atoms with van der Waals surface area (Å²) in [6, 6.07) is 9.20. The molecule has 4 aromatic rings. The van der Waals surface area contributed by atoms with E-state index in [1.54, 1.807) is 23.9 Å². The smallest absolute Gasteiger partial charge is 0.354 e. The van der Waals surface area contributed by atoms with Crippen molar-refractivity contribution < 1.29 is 0 Å². The maximum atomic E-state index is 12.7. The van der Waals surface area contributed by atoms with Crippen LogP contribution in [0.4, 0.5) is 5.82 Å². The van der Waals surface area contributed by atoms with Gasteiger partial charge in [-0.1, -0.05) is 11.6 Å². The van der Waals surface area contributed by atoms with Gasteiger partial charge >= 0.3 is 5.69 Å². The minimum absolute atomic E-state index is 0.371. The molecule has 4 rings (SSSR count). The number of anilines is 1. The molecular formula is C17H14ClN5O. The monoisotopic (exact) mass is 339 g/mol. The third-order valence-electron chi connectivity index (χ3n) is 4.05. The zero-order valence-corrected chi connectivity index (χ0v) is 13.8. The summed E-state index contributed by atoms with van der Waals surface area (Å²) in [5.41, 5.74) is 3.43. The number of hydrogen-bond donors (Lipinski definition) is 2. The molecule has 0 aliphatic heterocycles. The second-order valence-electron chi connectivity index (χ2n) is 5.47. The predicted molar refractivity (Wildman–Crippen MR) is 96.3 cm³/mol. The molecule has 0 aliphatic rings. The van der Waals surface area contributed by atoms with E-state index < -0.39 is 0 Å². The van der Waals surface area contributed by atoms with Crippen LogP contribution in [0.15, 0.2) is 41.3 Å². The molecule has 2 N–H and O–H groups in total. The Kier molecular flexibility index (Phi) is 3.28. The molecule has 3 aromatic heterocycles. The molecule has 0 atom stereocenters. The summed E-state index contributed by atoms with van der Waals surface area (Å²) < 4.78 is 1.58. The van der Waals surface area contributed by atoms with E-state index in [1.165, 1.54) is 0 Å². The minimum Gasteiger partial charge on any atom is -0.371 e. The summed E-state index contributed by atoms with van der Waals surface area (Å²) in [5, 5.41) is 4.44. The molecule has 0 saturated heterocycles. The van der Waals surface area contributed by atoms with Crippen molar-refractivity contribution in [2.45, 2.75) is 6.92 Å². The van der Waals surface area contributed by atoms with E-state index >= 15 is 0 Å². The third-order valence-corrected chi connectivity index (χ3v) is 4.28. The van der Waals surface area contributed by atoms with Gasteiger partial charge in [-0.05, 0) is 37.3 Å². The van der Waals surface area contributed by atoms with Gasteiger partial charge in [-0.25, -0.2) is 4.79 Å². The Hall–Kier alpha value is -2.86. The van der Waals surface area contributed by atoms with Crippen molar-refractivity contribution in [3.8, 4) is 5.69 Å². The largest absolute Gasteiger partial charge is 0.371 e. The highest BCUT2D eigenvalue weighted by atomic mass is 35.5. The standard InChI is InChI=1S/C17H14ClN5O/c1-9-13(4-3-7-20-9)23-15-11-8-10(18)5-6-12(11)21-14(15)16(19-2)22-17(23)24/h3-8,21H,1-2H3,(H,19,22,24). The van der Waals surface area contributed by atoms with Crippen molar-refractivity contribution >= 4 is 39.4 Å². The predicted octanol–water partition coefficient (Wildman–Crippen LogP) is 3.27. The maximum Gasteiger partial charge on any atom is 0.354 e. The first-order valence-corrected chi connectivity index (χ1v) is 7.81. The van der Waals surface area contributed by atoms with Crippen LogP contribution in [0.1, 0.15) is 5.69 Å². The van der Waals surface area contributed by atoms with Gasteiger partial charge in [-0.15, -0.1) is 0 Å². The fourth-order valence-corrected chi connectivity index (χ4v) is 3.14. The molecule has 6 nitrogen and oxygen atoms in total. The Labute approximate surface area is 142 Å². The number of pyridine rings is 1. The lowest BCUT2D eigenvalue weighted by Crippen LogP contribution is -2.23. The first-order valence-electron chi connectivity index (χ1n) is 7.44. The Balaban J connectivity index is 2.27. The van der Waals surface area contributed by atoms with Gasteiger partial charge in [0, 0.05) is 29.2 Å².